The van der Waals surface area contributed by atoms with Crippen LogP contribution in [-0.2, 0) is 11.3 Å². The second-order valence-electron chi connectivity index (χ2n) is 4.53. The maximum Gasteiger partial charge on any atom is 0.330 e. The monoisotopic (exact) mass is 262 g/mol. The van der Waals surface area contributed by atoms with Gasteiger partial charge in [-0.05, 0) is 52.6 Å². The molecule has 2 aromatic rings. The van der Waals surface area contributed by atoms with Gasteiger partial charge in [-0.1, -0.05) is 6.07 Å². The zero-order chi connectivity index (χ0) is 13.4. The quantitative estimate of drug-likeness (QED) is 0.797. The highest BCUT2D eigenvalue weighted by molar-refractivity contribution is 6.48. The van der Waals surface area contributed by atoms with Crippen LogP contribution in [0.1, 0.15) is 11.1 Å². The molecule has 0 aromatic heterocycles. The van der Waals surface area contributed by atoms with Gasteiger partial charge in [-0.15, -0.1) is 10.2 Å². The first-order valence-corrected chi connectivity index (χ1v) is 6.23. The fourth-order valence-electron chi connectivity index (χ4n) is 2.12. The summed E-state index contributed by atoms with van der Waals surface area (Å²) < 4.78 is 11.1. The van der Waals surface area contributed by atoms with Crippen LogP contribution in [-0.4, -0.2) is 13.3 Å². The first-order chi connectivity index (χ1) is 9.88. The summed E-state index contributed by atoms with van der Waals surface area (Å²) >= 11 is 0. The molecular formula is C14H9BN3O2. The standard InChI is InChI=1S/C14H9BN3O2/c1-3-11(4-2-9(1)14-16-18-17-14)20-12-5-6-13-10(7-12)8-19-15-13/h1-7H,8H2. The minimum atomic E-state index is 0.607. The number of hydrogen-bond donors (Lipinski definition) is 0. The van der Waals surface area contributed by atoms with Crippen LogP contribution in [0.15, 0.2) is 57.9 Å². The predicted octanol–water partition coefficient (Wildman–Crippen LogP) is 2.38. The van der Waals surface area contributed by atoms with Crippen LogP contribution in [0.4, 0.5) is 0 Å². The summed E-state index contributed by atoms with van der Waals surface area (Å²) in [7, 11) is 1.77. The molecule has 6 heteroatoms. The molecule has 2 aromatic carbocycles. The largest absolute Gasteiger partial charge is 0.457 e. The van der Waals surface area contributed by atoms with E-state index in [2.05, 4.69) is 15.4 Å². The highest BCUT2D eigenvalue weighted by atomic mass is 16.5. The lowest BCUT2D eigenvalue weighted by Gasteiger charge is -2.08. The smallest absolute Gasteiger partial charge is 0.330 e. The van der Waals surface area contributed by atoms with Gasteiger partial charge in [-0.3, -0.25) is 0 Å². The zero-order valence-corrected chi connectivity index (χ0v) is 10.5. The Bertz CT molecular complexity index is 726. The van der Waals surface area contributed by atoms with Gasteiger partial charge in [0.1, 0.15) is 11.5 Å². The van der Waals surface area contributed by atoms with E-state index >= 15 is 0 Å². The lowest BCUT2D eigenvalue weighted by Crippen LogP contribution is -2.10. The topological polar surface area (TPSA) is 55.5 Å². The molecule has 0 fully saturated rings. The Hall–Kier alpha value is -2.47. The van der Waals surface area contributed by atoms with Gasteiger partial charge in [0.05, 0.1) is 6.61 Å². The third kappa shape index (κ3) is 2.00. The Balaban J connectivity index is 1.53. The first kappa shape index (κ1) is 11.4. The number of fused-ring (bicyclic) bond motifs is 1. The number of rotatable bonds is 3. The average molecular weight is 262 g/mol. The Morgan fingerprint density at radius 3 is 2.60 bits per heavy atom. The molecule has 0 saturated carbocycles. The molecule has 0 bridgehead atoms. The van der Waals surface area contributed by atoms with Crippen molar-refractivity contribution in [3.05, 3.63) is 53.6 Å². The fraction of sp³-hybridized carbons (Fsp3) is 0.0714. The van der Waals surface area contributed by atoms with Crippen LogP contribution in [0.5, 0.6) is 11.5 Å². The molecule has 1 radical (unpaired) electrons. The summed E-state index contributed by atoms with van der Waals surface area (Å²) in [6.45, 7) is 0.607. The van der Waals surface area contributed by atoms with Crippen molar-refractivity contribution in [1.82, 2.24) is 0 Å². The van der Waals surface area contributed by atoms with E-state index in [1.807, 2.05) is 42.5 Å². The third-order valence-corrected chi connectivity index (χ3v) is 3.19. The molecular weight excluding hydrogens is 253 g/mol. The maximum absolute atomic E-state index is 5.83. The van der Waals surface area contributed by atoms with Crippen LogP contribution in [0.3, 0.4) is 0 Å². The van der Waals surface area contributed by atoms with Crippen LogP contribution >= 0.6 is 0 Å². The van der Waals surface area contributed by atoms with Crippen molar-refractivity contribution in [3.8, 4) is 11.5 Å². The van der Waals surface area contributed by atoms with Crippen molar-refractivity contribution in [2.24, 2.45) is 15.4 Å². The minimum absolute atomic E-state index is 0.607. The molecule has 0 unspecified atom stereocenters. The molecule has 20 heavy (non-hydrogen) atoms. The second-order valence-corrected chi connectivity index (χ2v) is 4.53. The molecule has 0 N–H and O–H groups in total. The fourth-order valence-corrected chi connectivity index (χ4v) is 2.12. The highest BCUT2D eigenvalue weighted by Crippen LogP contribution is 2.24. The van der Waals surface area contributed by atoms with Crippen molar-refractivity contribution < 1.29 is 9.39 Å². The van der Waals surface area contributed by atoms with E-state index < -0.39 is 0 Å². The minimum Gasteiger partial charge on any atom is -0.457 e. The van der Waals surface area contributed by atoms with Crippen LogP contribution in [0.2, 0.25) is 0 Å². The molecule has 2 heterocycles. The van der Waals surface area contributed by atoms with Crippen molar-refractivity contribution >= 4 is 18.8 Å². The normalized spacial score (nSPS) is 15.1. The Labute approximate surface area is 116 Å². The summed E-state index contributed by atoms with van der Waals surface area (Å²) in [5.41, 5.74) is 3.19. The van der Waals surface area contributed by atoms with E-state index in [1.165, 1.54) is 0 Å². The molecule has 0 spiro atoms. The zero-order valence-electron chi connectivity index (χ0n) is 10.5. The maximum atomic E-state index is 5.83. The molecule has 0 amide bonds. The van der Waals surface area contributed by atoms with E-state index in [4.69, 9.17) is 9.39 Å². The number of benzene rings is 2. The van der Waals surface area contributed by atoms with Gasteiger partial charge in [0.2, 0.25) is 5.84 Å². The number of amidine groups is 1. The van der Waals surface area contributed by atoms with E-state index in [9.17, 15) is 0 Å². The van der Waals surface area contributed by atoms with E-state index in [1.54, 1.807) is 7.48 Å². The number of nitrogens with zero attached hydrogens (tertiary/aromatic N) is 3. The van der Waals surface area contributed by atoms with Crippen molar-refractivity contribution in [3.63, 3.8) is 0 Å². The van der Waals surface area contributed by atoms with Gasteiger partial charge in [0, 0.05) is 5.56 Å². The van der Waals surface area contributed by atoms with Gasteiger partial charge >= 0.3 is 7.48 Å². The van der Waals surface area contributed by atoms with Crippen LogP contribution < -0.4 is 10.2 Å². The van der Waals surface area contributed by atoms with Crippen LogP contribution in [0.25, 0.3) is 0 Å². The lowest BCUT2D eigenvalue weighted by atomic mass is 9.87. The van der Waals surface area contributed by atoms with Crippen LogP contribution in [0, 0.1) is 0 Å². The lowest BCUT2D eigenvalue weighted by molar-refractivity contribution is 0.344. The summed E-state index contributed by atoms with van der Waals surface area (Å²) in [6, 6.07) is 13.5. The Kier molecular flexibility index (Phi) is 2.60. The molecule has 95 valence electrons. The third-order valence-electron chi connectivity index (χ3n) is 3.19. The SMILES string of the molecule is [B]1OCc2cc(Oc3ccc(C4=NN=N4)cc3)ccc21. The van der Waals surface area contributed by atoms with E-state index in [0.717, 1.165) is 28.1 Å². The molecule has 2 aliphatic rings. The molecule has 0 aliphatic carbocycles. The van der Waals surface area contributed by atoms with Gasteiger partial charge in [0.15, 0.2) is 0 Å². The summed E-state index contributed by atoms with van der Waals surface area (Å²) in [6.07, 6.45) is 0. The second kappa shape index (κ2) is 4.57. The summed E-state index contributed by atoms with van der Waals surface area (Å²) in [5, 5.41) is 11.1. The van der Waals surface area contributed by atoms with Crippen molar-refractivity contribution in [2.75, 3.05) is 0 Å². The van der Waals surface area contributed by atoms with Gasteiger partial charge in [-0.2, -0.15) is 0 Å². The molecule has 0 atom stereocenters. The molecule has 2 aliphatic heterocycles. The Morgan fingerprint density at radius 1 is 1.05 bits per heavy atom. The Morgan fingerprint density at radius 2 is 1.85 bits per heavy atom. The van der Waals surface area contributed by atoms with Gasteiger partial charge in [-0.25, -0.2) is 0 Å². The van der Waals surface area contributed by atoms with Crippen molar-refractivity contribution in [2.45, 2.75) is 6.61 Å². The molecule has 5 nitrogen and oxygen atoms in total. The van der Waals surface area contributed by atoms with E-state index in [0.29, 0.717) is 12.4 Å². The molecule has 0 saturated heterocycles. The van der Waals surface area contributed by atoms with Crippen molar-refractivity contribution in [1.29, 1.82) is 0 Å². The highest BCUT2D eigenvalue weighted by Gasteiger charge is 2.14. The number of hydrogen-bond acceptors (Lipinski definition) is 5. The molecule has 4 rings (SSSR count). The first-order valence-electron chi connectivity index (χ1n) is 6.23. The average Bonchev–Trinajstić information content (AvgIpc) is 2.86. The van der Waals surface area contributed by atoms with Gasteiger partial charge in [0.25, 0.3) is 0 Å². The summed E-state index contributed by atoms with van der Waals surface area (Å²) in [4.78, 5) is 0. The summed E-state index contributed by atoms with van der Waals surface area (Å²) in [5.74, 6) is 2.23. The van der Waals surface area contributed by atoms with Gasteiger partial charge < -0.3 is 9.39 Å². The predicted molar refractivity (Wildman–Crippen MR) is 74.5 cm³/mol. The number of ether oxygens (including phenoxy) is 1. The van der Waals surface area contributed by atoms with E-state index in [-0.39, 0.29) is 0 Å².